The lowest BCUT2D eigenvalue weighted by atomic mass is 10.1. The Bertz CT molecular complexity index is 464. The lowest BCUT2D eigenvalue weighted by Gasteiger charge is -2.12. The highest BCUT2D eigenvalue weighted by Gasteiger charge is 2.22. The van der Waals surface area contributed by atoms with E-state index in [2.05, 4.69) is 5.32 Å². The third-order valence-electron chi connectivity index (χ3n) is 2.25. The number of hydrogen-bond acceptors (Lipinski definition) is 4. The molecule has 0 saturated carbocycles. The van der Waals surface area contributed by atoms with Crippen LogP contribution in [-0.4, -0.2) is 29.9 Å². The van der Waals surface area contributed by atoms with Crippen LogP contribution in [0.3, 0.4) is 0 Å². The number of nitro benzene ring substituents is 1. The topological polar surface area (TPSA) is 81.5 Å². The normalized spacial score (nSPS) is 11.7. The fraction of sp³-hybridized carbons (Fsp3) is 0.364. The Hall–Kier alpha value is -1.82. The molecule has 1 unspecified atom stereocenters. The number of carbonyl (C=O) groups is 1. The Morgan fingerprint density at radius 1 is 1.61 bits per heavy atom. The highest BCUT2D eigenvalue weighted by Crippen LogP contribution is 2.30. The van der Waals surface area contributed by atoms with Crippen LogP contribution in [0.1, 0.15) is 17.3 Å². The summed E-state index contributed by atoms with van der Waals surface area (Å²) in [7, 11) is 1.28. The van der Waals surface area contributed by atoms with Crippen molar-refractivity contribution in [1.29, 1.82) is 0 Å². The molecule has 6 nitrogen and oxygen atoms in total. The zero-order chi connectivity index (χ0) is 13.7. The summed E-state index contributed by atoms with van der Waals surface area (Å²) in [5, 5.41) is 13.4. The summed E-state index contributed by atoms with van der Waals surface area (Å²) in [5.74, 6) is -0.256. The van der Waals surface area contributed by atoms with Crippen molar-refractivity contribution < 1.29 is 14.5 Å². The van der Waals surface area contributed by atoms with Crippen LogP contribution in [0.5, 0.6) is 5.75 Å². The smallest absolute Gasteiger partial charge is 0.311 e. The van der Waals surface area contributed by atoms with E-state index in [0.29, 0.717) is 0 Å². The molecule has 0 heterocycles. The second kappa shape index (κ2) is 6.20. The van der Waals surface area contributed by atoms with Gasteiger partial charge in [-0.3, -0.25) is 14.9 Å². The van der Waals surface area contributed by atoms with Crippen LogP contribution in [0, 0.1) is 10.1 Å². The van der Waals surface area contributed by atoms with E-state index in [1.165, 1.54) is 25.3 Å². The molecule has 0 saturated heterocycles. The molecule has 0 aliphatic carbocycles. The van der Waals surface area contributed by atoms with Gasteiger partial charge < -0.3 is 10.1 Å². The molecule has 1 aromatic carbocycles. The molecule has 7 heteroatoms. The van der Waals surface area contributed by atoms with E-state index in [9.17, 15) is 14.9 Å². The minimum atomic E-state index is -0.597. The van der Waals surface area contributed by atoms with Gasteiger partial charge in [0.05, 0.1) is 17.6 Å². The van der Waals surface area contributed by atoms with Crippen LogP contribution in [0.15, 0.2) is 18.2 Å². The van der Waals surface area contributed by atoms with E-state index in [0.717, 1.165) is 0 Å². The maximum absolute atomic E-state index is 11.9. The first-order chi connectivity index (χ1) is 8.51. The first-order valence-electron chi connectivity index (χ1n) is 5.19. The lowest BCUT2D eigenvalue weighted by molar-refractivity contribution is -0.385. The molecule has 0 aliphatic rings. The first-order valence-corrected chi connectivity index (χ1v) is 5.73. The molecule has 18 heavy (non-hydrogen) atoms. The number of rotatable bonds is 5. The molecule has 0 spiro atoms. The Morgan fingerprint density at radius 3 is 2.78 bits per heavy atom. The van der Waals surface area contributed by atoms with Crippen molar-refractivity contribution in [3.05, 3.63) is 33.9 Å². The zero-order valence-corrected chi connectivity index (χ0v) is 10.7. The van der Waals surface area contributed by atoms with Crippen molar-refractivity contribution in [1.82, 2.24) is 5.32 Å². The molecule has 0 radical (unpaired) electrons. The number of halogens is 1. The van der Waals surface area contributed by atoms with E-state index < -0.39 is 10.8 Å². The van der Waals surface area contributed by atoms with Gasteiger partial charge in [-0.2, -0.15) is 0 Å². The number of nitro groups is 1. The Kier molecular flexibility index (Phi) is 4.91. The maximum atomic E-state index is 11.9. The van der Waals surface area contributed by atoms with Gasteiger partial charge in [-0.05, 0) is 13.0 Å². The molecule has 98 valence electrons. The van der Waals surface area contributed by atoms with E-state index in [-0.39, 0.29) is 28.9 Å². The summed E-state index contributed by atoms with van der Waals surface area (Å²) in [6, 6.07) is 3.94. The van der Waals surface area contributed by atoms with E-state index in [4.69, 9.17) is 16.3 Å². The van der Waals surface area contributed by atoms with Crippen molar-refractivity contribution in [2.24, 2.45) is 0 Å². The second-order valence-electron chi connectivity index (χ2n) is 3.64. The van der Waals surface area contributed by atoms with Gasteiger partial charge in [-0.1, -0.05) is 6.07 Å². The average molecular weight is 273 g/mol. The van der Waals surface area contributed by atoms with Crippen LogP contribution >= 0.6 is 11.6 Å². The van der Waals surface area contributed by atoms with Crippen LogP contribution in [-0.2, 0) is 0 Å². The quantitative estimate of drug-likeness (QED) is 0.505. The van der Waals surface area contributed by atoms with Gasteiger partial charge in [0.2, 0.25) is 5.75 Å². The van der Waals surface area contributed by atoms with Crippen LogP contribution in [0.2, 0.25) is 0 Å². The number of ether oxygens (including phenoxy) is 1. The lowest BCUT2D eigenvalue weighted by Crippen LogP contribution is -2.33. The van der Waals surface area contributed by atoms with Gasteiger partial charge in [-0.15, -0.1) is 11.6 Å². The highest BCUT2D eigenvalue weighted by molar-refractivity contribution is 6.18. The number of para-hydroxylation sites is 1. The van der Waals surface area contributed by atoms with Crippen molar-refractivity contribution in [2.75, 3.05) is 13.0 Å². The predicted octanol–water partition coefficient (Wildman–Crippen LogP) is 1.96. The third-order valence-corrected chi connectivity index (χ3v) is 2.71. The minimum absolute atomic E-state index is 0.0539. The zero-order valence-electron chi connectivity index (χ0n) is 9.97. The van der Waals surface area contributed by atoms with Crippen molar-refractivity contribution >= 4 is 23.2 Å². The monoisotopic (exact) mass is 272 g/mol. The summed E-state index contributed by atoms with van der Waals surface area (Å²) in [5.41, 5.74) is -0.132. The SMILES string of the molecule is COc1c(C(=O)NC(C)CCl)cccc1[N+](=O)[O-]. The third kappa shape index (κ3) is 3.10. The fourth-order valence-corrected chi connectivity index (χ4v) is 1.48. The molecule has 0 aromatic heterocycles. The molecular weight excluding hydrogens is 260 g/mol. The van der Waals surface area contributed by atoms with Crippen LogP contribution < -0.4 is 10.1 Å². The molecule has 0 aliphatic heterocycles. The molecule has 0 fully saturated rings. The van der Waals surface area contributed by atoms with Gasteiger partial charge in [0.1, 0.15) is 0 Å². The van der Waals surface area contributed by atoms with E-state index in [1.807, 2.05) is 0 Å². The highest BCUT2D eigenvalue weighted by atomic mass is 35.5. The first kappa shape index (κ1) is 14.2. The minimum Gasteiger partial charge on any atom is -0.490 e. The van der Waals surface area contributed by atoms with Crippen molar-refractivity contribution in [3.8, 4) is 5.75 Å². The Labute approximate surface area is 109 Å². The molecule has 1 aromatic rings. The summed E-state index contributed by atoms with van der Waals surface area (Å²) in [4.78, 5) is 22.1. The molecule has 1 amide bonds. The average Bonchev–Trinajstić information content (AvgIpc) is 2.37. The van der Waals surface area contributed by atoms with Crippen LogP contribution in [0.25, 0.3) is 0 Å². The number of hydrogen-bond donors (Lipinski definition) is 1. The fourth-order valence-electron chi connectivity index (χ4n) is 1.40. The number of nitrogens with zero attached hydrogens (tertiary/aromatic N) is 1. The Morgan fingerprint density at radius 2 is 2.28 bits per heavy atom. The summed E-state index contributed by atoms with van der Waals surface area (Å²) in [6.45, 7) is 1.73. The van der Waals surface area contributed by atoms with Crippen LogP contribution in [0.4, 0.5) is 5.69 Å². The number of amides is 1. The predicted molar refractivity (Wildman–Crippen MR) is 67.3 cm³/mol. The van der Waals surface area contributed by atoms with Gasteiger partial charge in [-0.25, -0.2) is 0 Å². The summed E-state index contributed by atoms with van der Waals surface area (Å²) in [6.07, 6.45) is 0. The molecule has 1 atom stereocenters. The van der Waals surface area contributed by atoms with E-state index >= 15 is 0 Å². The van der Waals surface area contributed by atoms with Crippen molar-refractivity contribution in [2.45, 2.75) is 13.0 Å². The summed E-state index contributed by atoms with van der Waals surface area (Å²) < 4.78 is 4.94. The maximum Gasteiger partial charge on any atom is 0.311 e. The van der Waals surface area contributed by atoms with Gasteiger partial charge in [0.25, 0.3) is 5.91 Å². The largest absolute Gasteiger partial charge is 0.490 e. The second-order valence-corrected chi connectivity index (χ2v) is 3.95. The summed E-state index contributed by atoms with van der Waals surface area (Å²) >= 11 is 5.58. The molecule has 1 rings (SSSR count). The van der Waals surface area contributed by atoms with Crippen molar-refractivity contribution in [3.63, 3.8) is 0 Å². The Balaban J connectivity index is 3.12. The number of carbonyl (C=O) groups excluding carboxylic acids is 1. The molecular formula is C11H13ClN2O4. The molecule has 0 bridgehead atoms. The van der Waals surface area contributed by atoms with Gasteiger partial charge in [0.15, 0.2) is 0 Å². The molecule has 1 N–H and O–H groups in total. The van der Waals surface area contributed by atoms with Gasteiger partial charge in [0, 0.05) is 18.0 Å². The number of methoxy groups -OCH3 is 1. The standard InChI is InChI=1S/C11H13ClN2O4/c1-7(6-12)13-11(15)8-4-3-5-9(14(16)17)10(8)18-2/h3-5,7H,6H2,1-2H3,(H,13,15). The van der Waals surface area contributed by atoms with Gasteiger partial charge >= 0.3 is 5.69 Å². The number of nitrogens with one attached hydrogen (secondary N) is 1. The van der Waals surface area contributed by atoms with E-state index in [1.54, 1.807) is 6.92 Å². The number of alkyl halides is 1. The number of benzene rings is 1.